The van der Waals surface area contributed by atoms with E-state index in [2.05, 4.69) is 15.6 Å². The van der Waals surface area contributed by atoms with Crippen LogP contribution in [0.15, 0.2) is 6.20 Å². The molecule has 1 atom stereocenters. The number of thiazole rings is 1. The van der Waals surface area contributed by atoms with Crippen LogP contribution in [0.25, 0.3) is 0 Å². The lowest BCUT2D eigenvalue weighted by atomic mass is 10.2. The zero-order valence-corrected chi connectivity index (χ0v) is 11.9. The second-order valence-electron chi connectivity index (χ2n) is 4.08. The molecular weight excluding hydrogens is 266 g/mol. The Kier molecular flexibility index (Phi) is 6.27. The van der Waals surface area contributed by atoms with Crippen LogP contribution >= 0.6 is 11.3 Å². The van der Waals surface area contributed by atoms with Crippen LogP contribution < -0.4 is 10.6 Å². The quantitative estimate of drug-likeness (QED) is 0.712. The molecule has 0 aliphatic carbocycles. The number of amides is 2. The molecule has 0 saturated heterocycles. The van der Waals surface area contributed by atoms with Crippen molar-refractivity contribution in [1.29, 1.82) is 0 Å². The highest BCUT2D eigenvalue weighted by Gasteiger charge is 2.18. The number of carboxylic acids is 1. The molecule has 0 unspecified atom stereocenters. The van der Waals surface area contributed by atoms with Crippen LogP contribution in [0.1, 0.15) is 36.6 Å². The van der Waals surface area contributed by atoms with E-state index in [0.717, 1.165) is 16.3 Å². The molecule has 0 aliphatic rings. The summed E-state index contributed by atoms with van der Waals surface area (Å²) >= 11 is 1.54. The molecule has 19 heavy (non-hydrogen) atoms. The van der Waals surface area contributed by atoms with Crippen molar-refractivity contribution in [1.82, 2.24) is 15.6 Å². The number of aryl methyl sites for hydroxylation is 1. The van der Waals surface area contributed by atoms with E-state index < -0.39 is 18.0 Å². The summed E-state index contributed by atoms with van der Waals surface area (Å²) in [4.78, 5) is 27.8. The van der Waals surface area contributed by atoms with Crippen molar-refractivity contribution in [3.8, 4) is 0 Å². The molecule has 0 radical (unpaired) electrons. The van der Waals surface area contributed by atoms with Gasteiger partial charge in [0.1, 0.15) is 11.0 Å². The molecule has 1 aromatic heterocycles. The maximum Gasteiger partial charge on any atom is 0.326 e. The minimum absolute atomic E-state index is 0.314. The van der Waals surface area contributed by atoms with Crippen molar-refractivity contribution >= 4 is 23.3 Å². The number of carboxylic acid groups (broad SMARTS) is 1. The Labute approximate surface area is 116 Å². The van der Waals surface area contributed by atoms with Crippen LogP contribution in [-0.4, -0.2) is 28.1 Å². The summed E-state index contributed by atoms with van der Waals surface area (Å²) in [5, 5.41) is 14.8. The first-order valence-electron chi connectivity index (χ1n) is 6.27. The molecule has 1 heterocycles. The van der Waals surface area contributed by atoms with Gasteiger partial charge < -0.3 is 15.7 Å². The summed E-state index contributed by atoms with van der Waals surface area (Å²) in [6.07, 6.45) is 3.82. The number of nitrogens with one attached hydrogen (secondary N) is 2. The van der Waals surface area contributed by atoms with Crippen molar-refractivity contribution < 1.29 is 14.7 Å². The predicted molar refractivity (Wildman–Crippen MR) is 73.2 cm³/mol. The SMILES string of the molecule is CCC[C@@H](NC(=O)NCc1ncc(CC)s1)C(=O)O. The maximum absolute atomic E-state index is 11.6. The number of rotatable bonds is 7. The van der Waals surface area contributed by atoms with E-state index in [1.165, 1.54) is 0 Å². The van der Waals surface area contributed by atoms with E-state index in [-0.39, 0.29) is 0 Å². The normalized spacial score (nSPS) is 11.9. The Morgan fingerprint density at radius 1 is 1.47 bits per heavy atom. The molecule has 0 bridgehead atoms. The number of nitrogens with zero attached hydrogens (tertiary/aromatic N) is 1. The number of hydrogen-bond donors (Lipinski definition) is 3. The van der Waals surface area contributed by atoms with Crippen LogP contribution in [0.5, 0.6) is 0 Å². The Morgan fingerprint density at radius 2 is 2.21 bits per heavy atom. The summed E-state index contributed by atoms with van der Waals surface area (Å²) in [5.41, 5.74) is 0. The van der Waals surface area contributed by atoms with Gasteiger partial charge in [0.2, 0.25) is 0 Å². The minimum atomic E-state index is -1.01. The van der Waals surface area contributed by atoms with Gasteiger partial charge in [0.15, 0.2) is 0 Å². The average Bonchev–Trinajstić information content (AvgIpc) is 2.83. The highest BCUT2D eigenvalue weighted by Crippen LogP contribution is 2.12. The van der Waals surface area contributed by atoms with Crippen LogP contribution in [0.2, 0.25) is 0 Å². The number of urea groups is 1. The monoisotopic (exact) mass is 285 g/mol. The summed E-state index contributed by atoms with van der Waals surface area (Å²) in [6, 6.07) is -1.32. The van der Waals surface area contributed by atoms with Crippen LogP contribution in [0.4, 0.5) is 4.79 Å². The van der Waals surface area contributed by atoms with E-state index in [1.54, 1.807) is 17.5 Å². The lowest BCUT2D eigenvalue weighted by molar-refractivity contribution is -0.139. The zero-order chi connectivity index (χ0) is 14.3. The molecule has 106 valence electrons. The number of hydrogen-bond acceptors (Lipinski definition) is 4. The molecule has 2 amide bonds. The third kappa shape index (κ3) is 5.25. The minimum Gasteiger partial charge on any atom is -0.480 e. The van der Waals surface area contributed by atoms with Crippen LogP contribution in [0, 0.1) is 0 Å². The van der Waals surface area contributed by atoms with E-state index in [4.69, 9.17) is 5.11 Å². The molecule has 0 saturated carbocycles. The maximum atomic E-state index is 11.6. The van der Waals surface area contributed by atoms with Gasteiger partial charge in [-0.05, 0) is 12.8 Å². The fourth-order valence-corrected chi connectivity index (χ4v) is 2.31. The van der Waals surface area contributed by atoms with Crippen LogP contribution in [0.3, 0.4) is 0 Å². The molecule has 6 nitrogen and oxygen atoms in total. The Balaban J connectivity index is 2.40. The van der Waals surface area contributed by atoms with E-state index in [9.17, 15) is 9.59 Å². The second kappa shape index (κ2) is 7.73. The number of aliphatic carboxylic acids is 1. The third-order valence-corrected chi connectivity index (χ3v) is 3.67. The Morgan fingerprint density at radius 3 is 2.74 bits per heavy atom. The van der Waals surface area contributed by atoms with Gasteiger partial charge in [-0.3, -0.25) is 0 Å². The molecule has 0 fully saturated rings. The van der Waals surface area contributed by atoms with E-state index in [1.807, 2.05) is 13.8 Å². The van der Waals surface area contributed by atoms with Gasteiger partial charge in [-0.2, -0.15) is 0 Å². The highest BCUT2D eigenvalue weighted by atomic mass is 32.1. The number of aromatic nitrogens is 1. The molecule has 7 heteroatoms. The number of carbonyl (C=O) groups excluding carboxylic acids is 1. The smallest absolute Gasteiger partial charge is 0.326 e. The zero-order valence-electron chi connectivity index (χ0n) is 11.1. The Hall–Kier alpha value is -1.63. The molecule has 0 aromatic carbocycles. The van der Waals surface area contributed by atoms with Crippen molar-refractivity contribution in [2.45, 2.75) is 45.7 Å². The average molecular weight is 285 g/mol. The molecule has 1 aromatic rings. The highest BCUT2D eigenvalue weighted by molar-refractivity contribution is 7.11. The van der Waals surface area contributed by atoms with Gasteiger partial charge in [0, 0.05) is 11.1 Å². The van der Waals surface area contributed by atoms with Gasteiger partial charge >= 0.3 is 12.0 Å². The van der Waals surface area contributed by atoms with Gasteiger partial charge in [0.25, 0.3) is 0 Å². The lowest BCUT2D eigenvalue weighted by Crippen LogP contribution is -2.45. The van der Waals surface area contributed by atoms with Gasteiger partial charge in [-0.15, -0.1) is 11.3 Å². The first-order valence-corrected chi connectivity index (χ1v) is 7.09. The standard InChI is InChI=1S/C12H19N3O3S/c1-3-5-9(11(16)17)15-12(18)14-7-10-13-6-8(4-2)19-10/h6,9H,3-5,7H2,1-2H3,(H,16,17)(H2,14,15,18)/t9-/m1/s1. The fourth-order valence-electron chi connectivity index (χ4n) is 1.50. The summed E-state index contributed by atoms with van der Waals surface area (Å²) in [6.45, 7) is 4.23. The van der Waals surface area contributed by atoms with Crippen LogP contribution in [-0.2, 0) is 17.8 Å². The fraction of sp³-hybridized carbons (Fsp3) is 0.583. The predicted octanol–water partition coefficient (Wildman–Crippen LogP) is 1.76. The van der Waals surface area contributed by atoms with Crippen molar-refractivity contribution in [3.63, 3.8) is 0 Å². The van der Waals surface area contributed by atoms with Gasteiger partial charge in [0.05, 0.1) is 6.54 Å². The first kappa shape index (κ1) is 15.4. The van der Waals surface area contributed by atoms with Crippen molar-refractivity contribution in [2.75, 3.05) is 0 Å². The molecule has 1 rings (SSSR count). The van der Waals surface area contributed by atoms with Gasteiger partial charge in [-0.1, -0.05) is 20.3 Å². The molecule has 0 aliphatic heterocycles. The largest absolute Gasteiger partial charge is 0.480 e. The van der Waals surface area contributed by atoms with E-state index in [0.29, 0.717) is 19.4 Å². The van der Waals surface area contributed by atoms with Crippen molar-refractivity contribution in [2.24, 2.45) is 0 Å². The Bertz CT molecular complexity index is 434. The summed E-state index contributed by atoms with van der Waals surface area (Å²) < 4.78 is 0. The van der Waals surface area contributed by atoms with Gasteiger partial charge in [-0.25, -0.2) is 14.6 Å². The lowest BCUT2D eigenvalue weighted by Gasteiger charge is -2.13. The van der Waals surface area contributed by atoms with Crippen molar-refractivity contribution in [3.05, 3.63) is 16.1 Å². The second-order valence-corrected chi connectivity index (χ2v) is 5.28. The van der Waals surface area contributed by atoms with E-state index >= 15 is 0 Å². The third-order valence-electron chi connectivity index (χ3n) is 2.53. The topological polar surface area (TPSA) is 91.3 Å². The summed E-state index contributed by atoms with van der Waals surface area (Å²) in [7, 11) is 0. The first-order chi connectivity index (χ1) is 9.06. The molecular formula is C12H19N3O3S. The number of carbonyl (C=O) groups is 2. The molecule has 0 spiro atoms. The molecule has 3 N–H and O–H groups in total. The summed E-state index contributed by atoms with van der Waals surface area (Å²) in [5.74, 6) is -1.01.